The van der Waals surface area contributed by atoms with E-state index in [9.17, 15) is 24.3 Å². The van der Waals surface area contributed by atoms with Crippen LogP contribution in [0.2, 0.25) is 10.0 Å². The lowest BCUT2D eigenvalue weighted by molar-refractivity contribution is -0.139. The van der Waals surface area contributed by atoms with Crippen LogP contribution in [-0.4, -0.2) is 29.1 Å². The Labute approximate surface area is 251 Å². The van der Waals surface area contributed by atoms with Gasteiger partial charge in [0.25, 0.3) is 0 Å². The number of nitrogen functional groups attached to an aromatic ring is 1. The summed E-state index contributed by atoms with van der Waals surface area (Å²) in [4.78, 5) is 22.7. The number of hydrogen-bond donors (Lipinski definition) is 4. The van der Waals surface area contributed by atoms with Gasteiger partial charge in [0.2, 0.25) is 5.91 Å². The molecular weight excluding hydrogens is 592 g/mol. The number of halogens is 5. The van der Waals surface area contributed by atoms with Crippen molar-refractivity contribution < 1.29 is 27.9 Å². The predicted octanol–water partition coefficient (Wildman–Crippen LogP) is 6.18. The maximum atomic E-state index is 15.2. The molecule has 3 aromatic carbocycles. The highest BCUT2D eigenvalue weighted by Crippen LogP contribution is 2.52. The average Bonchev–Trinajstić information content (AvgIpc) is 3.20. The molecule has 1 amide bonds. The number of nitrogens with two attached hydrogens (primary N) is 2. The fourth-order valence-electron chi connectivity index (χ4n) is 5.22. The van der Waals surface area contributed by atoms with Gasteiger partial charge in [0.05, 0.1) is 16.8 Å². The van der Waals surface area contributed by atoms with Crippen LogP contribution in [0.4, 0.5) is 18.9 Å². The zero-order valence-electron chi connectivity index (χ0n) is 22.9. The number of carboxylic acid groups (broad SMARTS) is 1. The predicted molar refractivity (Wildman–Crippen MR) is 155 cm³/mol. The van der Waals surface area contributed by atoms with E-state index in [1.54, 1.807) is 0 Å². The molecule has 1 fully saturated rings. The molecule has 1 aliphatic rings. The molecule has 1 aliphatic heterocycles. The maximum Gasteiger partial charge on any atom is 0.321 e. The molecule has 42 heavy (non-hydrogen) atoms. The van der Waals surface area contributed by atoms with E-state index in [0.717, 1.165) is 12.1 Å². The molecule has 0 saturated carbocycles. The van der Waals surface area contributed by atoms with Gasteiger partial charge in [-0.3, -0.25) is 14.9 Å². The van der Waals surface area contributed by atoms with Crippen LogP contribution in [0.5, 0.6) is 0 Å². The second kappa shape index (κ2) is 12.6. The molecule has 0 spiro atoms. The third-order valence-electron chi connectivity index (χ3n) is 7.00. The van der Waals surface area contributed by atoms with Gasteiger partial charge in [-0.05, 0) is 53.8 Å². The fourth-order valence-corrected chi connectivity index (χ4v) is 5.56. The van der Waals surface area contributed by atoms with Crippen molar-refractivity contribution in [3.63, 3.8) is 0 Å². The van der Waals surface area contributed by atoms with Crippen LogP contribution < -0.4 is 16.8 Å². The van der Waals surface area contributed by atoms with Crippen LogP contribution in [-0.2, 0) is 10.2 Å². The van der Waals surface area contributed by atoms with Crippen LogP contribution in [0.25, 0.3) is 0 Å². The van der Waals surface area contributed by atoms with Gasteiger partial charge in [-0.1, -0.05) is 62.2 Å². The molecule has 1 saturated heterocycles. The first-order chi connectivity index (χ1) is 19.5. The summed E-state index contributed by atoms with van der Waals surface area (Å²) in [5, 5.41) is 23.4. The van der Waals surface area contributed by atoms with Crippen LogP contribution in [0.3, 0.4) is 0 Å². The number of nitrogens with one attached hydrogen (secondary N) is 1. The quantitative estimate of drug-likeness (QED) is 0.251. The molecule has 12 heteroatoms. The first kappa shape index (κ1) is 32.7. The van der Waals surface area contributed by atoms with E-state index in [4.69, 9.17) is 34.7 Å². The highest BCUT2D eigenvalue weighted by molar-refractivity contribution is 6.31. The normalized spacial score (nSPS) is 21.6. The molecule has 0 aromatic heterocycles. The Balaban J connectivity index is 0.000000369. The van der Waals surface area contributed by atoms with Crippen molar-refractivity contribution in [3.8, 4) is 6.07 Å². The zero-order chi connectivity index (χ0) is 31.6. The Hall–Kier alpha value is -3.78. The third-order valence-corrected chi connectivity index (χ3v) is 7.53. The van der Waals surface area contributed by atoms with Gasteiger partial charge in [-0.15, -0.1) is 0 Å². The Morgan fingerprint density at radius 1 is 1.07 bits per heavy atom. The van der Waals surface area contributed by atoms with Crippen LogP contribution in [0.1, 0.15) is 54.6 Å². The number of hydrogen-bond acceptors (Lipinski definition) is 5. The van der Waals surface area contributed by atoms with Gasteiger partial charge < -0.3 is 16.6 Å². The number of nitriles is 1. The maximum absolute atomic E-state index is 15.2. The molecule has 4 atom stereocenters. The summed E-state index contributed by atoms with van der Waals surface area (Å²) in [7, 11) is 0. The van der Waals surface area contributed by atoms with Crippen molar-refractivity contribution in [3.05, 3.63) is 98.8 Å². The van der Waals surface area contributed by atoms with E-state index in [0.29, 0.717) is 6.42 Å². The highest BCUT2D eigenvalue weighted by atomic mass is 35.5. The Morgan fingerprint density at radius 2 is 1.74 bits per heavy atom. The van der Waals surface area contributed by atoms with Gasteiger partial charge >= 0.3 is 5.97 Å². The minimum atomic E-state index is -1.73. The average molecular weight is 621 g/mol. The largest absolute Gasteiger partial charge is 0.480 e. The van der Waals surface area contributed by atoms with Gasteiger partial charge in [0.1, 0.15) is 28.9 Å². The van der Waals surface area contributed by atoms with E-state index in [1.165, 1.54) is 42.5 Å². The van der Waals surface area contributed by atoms with Crippen molar-refractivity contribution in [2.24, 2.45) is 11.1 Å². The van der Waals surface area contributed by atoms with Gasteiger partial charge in [-0.25, -0.2) is 13.2 Å². The molecule has 0 bridgehead atoms. The van der Waals surface area contributed by atoms with E-state index < -0.39 is 52.7 Å². The summed E-state index contributed by atoms with van der Waals surface area (Å²) in [5.41, 5.74) is 8.02. The monoisotopic (exact) mass is 620 g/mol. The standard InChI is InChI=1S/C23H22Cl2F2N2O2.C7H7FN2O/c1-22(2,3)10-17-23(11-28,14-8-7-12(24)9-16(14)26)18(20(29-17)21(30)31)13-5-4-6-15(25)19(13)27;8-5-3-4(7(10)11)1-2-6(5)9/h4-9,17-18,20,29H,10H2,1-3H3,(H,30,31);1-3H,9H2,(H2,10,11)/t17-,18-,20+,23-;/m0./s1. The second-order valence-corrected chi connectivity index (χ2v) is 12.0. The molecule has 222 valence electrons. The van der Waals surface area contributed by atoms with Crippen molar-refractivity contribution in [2.75, 3.05) is 5.73 Å². The van der Waals surface area contributed by atoms with Gasteiger partial charge in [-0.2, -0.15) is 5.26 Å². The number of amides is 1. The van der Waals surface area contributed by atoms with Crippen LogP contribution in [0.15, 0.2) is 54.6 Å². The molecule has 3 aromatic rings. The summed E-state index contributed by atoms with van der Waals surface area (Å²) >= 11 is 11.9. The summed E-state index contributed by atoms with van der Waals surface area (Å²) in [6, 6.07) is 11.9. The number of benzene rings is 3. The SMILES string of the molecule is CC(C)(C)C[C@@H]1N[C@@H](C(=O)O)[C@H](c2cccc(Cl)c2F)[C@@]1(C#N)c1ccc(Cl)cc1F.NC(=O)c1ccc(N)c(F)c1. The smallest absolute Gasteiger partial charge is 0.321 e. The number of primary amides is 1. The van der Waals surface area contributed by atoms with E-state index in [1.807, 2.05) is 20.8 Å². The van der Waals surface area contributed by atoms with Crippen molar-refractivity contribution in [1.29, 1.82) is 5.26 Å². The number of anilines is 1. The first-order valence-electron chi connectivity index (χ1n) is 12.7. The summed E-state index contributed by atoms with van der Waals surface area (Å²) in [5.74, 6) is -5.38. The van der Waals surface area contributed by atoms with Crippen molar-refractivity contribution in [1.82, 2.24) is 5.32 Å². The Bertz CT molecular complexity index is 1560. The lowest BCUT2D eigenvalue weighted by Gasteiger charge is -2.37. The van der Waals surface area contributed by atoms with E-state index in [-0.39, 0.29) is 37.8 Å². The van der Waals surface area contributed by atoms with E-state index >= 15 is 8.78 Å². The van der Waals surface area contributed by atoms with Crippen molar-refractivity contribution >= 4 is 40.8 Å². The molecular formula is C30H29Cl2F3N4O3. The number of carboxylic acids is 1. The Morgan fingerprint density at radius 3 is 2.26 bits per heavy atom. The number of carbonyl (C=O) groups is 2. The number of aliphatic carboxylic acids is 1. The lowest BCUT2D eigenvalue weighted by atomic mass is 9.62. The summed E-state index contributed by atoms with van der Waals surface area (Å²) in [6.45, 7) is 5.79. The highest BCUT2D eigenvalue weighted by Gasteiger charge is 2.61. The molecule has 7 nitrogen and oxygen atoms in total. The lowest BCUT2D eigenvalue weighted by Crippen LogP contribution is -2.44. The number of nitrogens with zero attached hydrogens (tertiary/aromatic N) is 1. The van der Waals surface area contributed by atoms with Crippen LogP contribution in [0, 0.1) is 34.2 Å². The fraction of sp³-hybridized carbons (Fsp3) is 0.300. The summed E-state index contributed by atoms with van der Waals surface area (Å²) < 4.78 is 43.0. The first-order valence-corrected chi connectivity index (χ1v) is 13.4. The van der Waals surface area contributed by atoms with Gasteiger partial charge in [0, 0.05) is 28.1 Å². The third kappa shape index (κ3) is 6.65. The second-order valence-electron chi connectivity index (χ2n) is 11.1. The van der Waals surface area contributed by atoms with E-state index in [2.05, 4.69) is 11.4 Å². The minimum Gasteiger partial charge on any atom is -0.480 e. The molecule has 4 rings (SSSR count). The zero-order valence-corrected chi connectivity index (χ0v) is 24.4. The minimum absolute atomic E-state index is 0.00926. The molecule has 0 radical (unpaired) electrons. The molecule has 0 unspecified atom stereocenters. The number of rotatable bonds is 5. The molecule has 0 aliphatic carbocycles. The van der Waals surface area contributed by atoms with Gasteiger partial charge in [0.15, 0.2) is 0 Å². The topological polar surface area (TPSA) is 142 Å². The summed E-state index contributed by atoms with van der Waals surface area (Å²) in [6.07, 6.45) is 0.338. The van der Waals surface area contributed by atoms with Crippen molar-refractivity contribution in [2.45, 2.75) is 50.6 Å². The number of carbonyl (C=O) groups excluding carboxylic acids is 1. The van der Waals surface area contributed by atoms with Crippen LogP contribution >= 0.6 is 23.2 Å². The Kier molecular flexibility index (Phi) is 9.83. The molecule has 1 heterocycles. The molecule has 6 N–H and O–H groups in total.